The van der Waals surface area contributed by atoms with Gasteiger partial charge in [-0.1, -0.05) is 11.3 Å². The molecule has 1 aliphatic heterocycles. The Morgan fingerprint density at radius 2 is 1.96 bits per heavy atom. The van der Waals surface area contributed by atoms with Gasteiger partial charge in [0.1, 0.15) is 0 Å². The molecule has 3 heterocycles. The Balaban J connectivity index is 1.54. The highest BCUT2D eigenvalue weighted by Gasteiger charge is 2.23. The fourth-order valence-electron chi connectivity index (χ4n) is 3.03. The molecule has 0 N–H and O–H groups in total. The number of anilines is 1. The summed E-state index contributed by atoms with van der Waals surface area (Å²) in [5.41, 5.74) is 0.970. The zero-order valence-corrected chi connectivity index (χ0v) is 15.2. The average Bonchev–Trinajstić information content (AvgIpc) is 3.10. The molecule has 1 amide bonds. The summed E-state index contributed by atoms with van der Waals surface area (Å²) in [6.07, 6.45) is 4.09. The zero-order chi connectivity index (χ0) is 17.3. The van der Waals surface area contributed by atoms with Crippen LogP contribution in [0.3, 0.4) is 0 Å². The molecule has 8 heteroatoms. The van der Waals surface area contributed by atoms with Gasteiger partial charge in [0, 0.05) is 69.2 Å². The summed E-state index contributed by atoms with van der Waals surface area (Å²) in [5, 5.41) is 0. The third kappa shape index (κ3) is 3.24. The van der Waals surface area contributed by atoms with Gasteiger partial charge in [0.05, 0.1) is 0 Å². The molecule has 1 saturated heterocycles. The maximum atomic E-state index is 12.4. The van der Waals surface area contributed by atoms with Crippen molar-refractivity contribution < 1.29 is 4.79 Å². The number of nitrogens with zero attached hydrogens (tertiary/aromatic N) is 5. The van der Waals surface area contributed by atoms with Gasteiger partial charge in [0.25, 0.3) is 0 Å². The first-order valence-corrected chi connectivity index (χ1v) is 8.96. The Kier molecular flexibility index (Phi) is 4.75. The predicted molar refractivity (Wildman–Crippen MR) is 94.7 cm³/mol. The van der Waals surface area contributed by atoms with Gasteiger partial charge in [-0.15, -0.1) is 0 Å². The Bertz CT molecular complexity index is 783. The molecule has 0 bridgehead atoms. The molecule has 0 spiro atoms. The summed E-state index contributed by atoms with van der Waals surface area (Å²) in [4.78, 5) is 33.8. The maximum Gasteiger partial charge on any atom is 0.307 e. The van der Waals surface area contributed by atoms with Gasteiger partial charge in [0.15, 0.2) is 0 Å². The van der Waals surface area contributed by atoms with Crippen LogP contribution in [0.4, 0.5) is 5.95 Å². The Morgan fingerprint density at radius 3 is 2.50 bits per heavy atom. The van der Waals surface area contributed by atoms with Gasteiger partial charge in [-0.2, -0.15) is 0 Å². The minimum atomic E-state index is 0.0254. The molecule has 24 heavy (non-hydrogen) atoms. The van der Waals surface area contributed by atoms with Crippen molar-refractivity contribution >= 4 is 23.2 Å². The molecule has 0 aliphatic carbocycles. The van der Waals surface area contributed by atoms with E-state index in [2.05, 4.69) is 9.88 Å². The van der Waals surface area contributed by atoms with Crippen LogP contribution in [-0.2, 0) is 18.4 Å². The van der Waals surface area contributed by atoms with E-state index in [1.54, 1.807) is 10.8 Å². The van der Waals surface area contributed by atoms with Crippen molar-refractivity contribution in [3.63, 3.8) is 0 Å². The monoisotopic (exact) mass is 349 g/mol. The normalized spacial score (nSPS) is 15.1. The highest BCUT2D eigenvalue weighted by Crippen LogP contribution is 2.14. The van der Waals surface area contributed by atoms with Crippen LogP contribution < -0.4 is 9.77 Å². The minimum absolute atomic E-state index is 0.0254. The van der Waals surface area contributed by atoms with E-state index >= 15 is 0 Å². The molecule has 0 saturated carbocycles. The number of hydrogen-bond donors (Lipinski definition) is 0. The molecule has 0 unspecified atom stereocenters. The van der Waals surface area contributed by atoms with Crippen molar-refractivity contribution in [1.29, 1.82) is 0 Å². The molecule has 130 valence electrons. The lowest BCUT2D eigenvalue weighted by Gasteiger charge is -2.35. The number of carbonyl (C=O) groups is 1. The molecular formula is C16H23N5O2S. The fraction of sp³-hybridized carbons (Fsp3) is 0.562. The summed E-state index contributed by atoms with van der Waals surface area (Å²) in [5.74, 6) is 1.06. The largest absolute Gasteiger partial charge is 0.339 e. The second-order valence-corrected chi connectivity index (χ2v) is 7.28. The SMILES string of the molecule is Cc1sc(=O)n(CCC(=O)N2CCN(c3nccn3C)CC2)c1C. The number of piperazine rings is 1. The van der Waals surface area contributed by atoms with Crippen LogP contribution in [0.2, 0.25) is 0 Å². The number of amides is 1. The van der Waals surface area contributed by atoms with E-state index in [1.165, 1.54) is 11.3 Å². The van der Waals surface area contributed by atoms with Gasteiger partial charge >= 0.3 is 4.87 Å². The zero-order valence-electron chi connectivity index (χ0n) is 14.4. The van der Waals surface area contributed by atoms with Crippen molar-refractivity contribution in [1.82, 2.24) is 19.0 Å². The first-order chi connectivity index (χ1) is 11.5. The third-order valence-corrected chi connectivity index (χ3v) is 5.63. The minimum Gasteiger partial charge on any atom is -0.339 e. The summed E-state index contributed by atoms with van der Waals surface area (Å²) in [6, 6.07) is 0. The van der Waals surface area contributed by atoms with Gasteiger partial charge in [-0.25, -0.2) is 4.98 Å². The first-order valence-electron chi connectivity index (χ1n) is 8.14. The van der Waals surface area contributed by atoms with E-state index in [4.69, 9.17) is 0 Å². The van der Waals surface area contributed by atoms with E-state index in [1.807, 2.05) is 36.6 Å². The molecule has 1 aliphatic rings. The van der Waals surface area contributed by atoms with Crippen LogP contribution in [-0.4, -0.2) is 51.1 Å². The van der Waals surface area contributed by atoms with Crippen LogP contribution >= 0.6 is 11.3 Å². The van der Waals surface area contributed by atoms with Crippen LogP contribution in [0.25, 0.3) is 0 Å². The van der Waals surface area contributed by atoms with Crippen molar-refractivity contribution in [3.8, 4) is 0 Å². The molecule has 0 atom stereocenters. The van der Waals surface area contributed by atoms with Crippen LogP contribution in [0.5, 0.6) is 0 Å². The molecule has 0 radical (unpaired) electrons. The number of imidazole rings is 1. The molecule has 1 fully saturated rings. The van der Waals surface area contributed by atoms with Gasteiger partial charge in [0.2, 0.25) is 11.9 Å². The molecule has 0 aromatic carbocycles. The number of aryl methyl sites for hydroxylation is 2. The summed E-state index contributed by atoms with van der Waals surface area (Å²) in [7, 11) is 1.97. The highest BCUT2D eigenvalue weighted by molar-refractivity contribution is 7.09. The summed E-state index contributed by atoms with van der Waals surface area (Å²) >= 11 is 1.25. The van der Waals surface area contributed by atoms with Crippen molar-refractivity contribution in [2.75, 3.05) is 31.1 Å². The molecule has 7 nitrogen and oxygen atoms in total. The smallest absolute Gasteiger partial charge is 0.307 e. The second-order valence-electron chi connectivity index (χ2n) is 6.12. The van der Waals surface area contributed by atoms with E-state index in [9.17, 15) is 9.59 Å². The maximum absolute atomic E-state index is 12.4. The number of thiazole rings is 1. The lowest BCUT2D eigenvalue weighted by atomic mass is 10.2. The van der Waals surface area contributed by atoms with E-state index < -0.39 is 0 Å². The van der Waals surface area contributed by atoms with E-state index in [0.717, 1.165) is 29.6 Å². The van der Waals surface area contributed by atoms with E-state index in [0.29, 0.717) is 26.1 Å². The lowest BCUT2D eigenvalue weighted by Crippen LogP contribution is -2.49. The number of aromatic nitrogens is 3. The van der Waals surface area contributed by atoms with Crippen molar-refractivity contribution in [2.45, 2.75) is 26.8 Å². The molecular weight excluding hydrogens is 326 g/mol. The number of carbonyl (C=O) groups excluding carboxylic acids is 1. The third-order valence-electron chi connectivity index (χ3n) is 4.64. The Labute approximate surface area is 145 Å². The van der Waals surface area contributed by atoms with Crippen molar-refractivity contribution in [2.24, 2.45) is 7.05 Å². The molecule has 2 aromatic heterocycles. The quantitative estimate of drug-likeness (QED) is 0.826. The second kappa shape index (κ2) is 6.80. The molecule has 2 aromatic rings. The van der Waals surface area contributed by atoms with Crippen LogP contribution in [0.1, 0.15) is 17.0 Å². The van der Waals surface area contributed by atoms with Gasteiger partial charge < -0.3 is 18.9 Å². The topological polar surface area (TPSA) is 63.4 Å². The lowest BCUT2D eigenvalue weighted by molar-refractivity contribution is -0.131. The van der Waals surface area contributed by atoms with Gasteiger partial charge in [-0.3, -0.25) is 9.59 Å². The van der Waals surface area contributed by atoms with Crippen LogP contribution in [0.15, 0.2) is 17.2 Å². The summed E-state index contributed by atoms with van der Waals surface area (Å²) in [6.45, 7) is 7.30. The standard InChI is InChI=1S/C16H23N5O2S/c1-12-13(2)24-16(23)21(12)6-4-14(22)19-8-10-20(11-9-19)15-17-5-7-18(15)3/h5,7H,4,6,8-11H2,1-3H3. The number of rotatable bonds is 4. The molecule has 3 rings (SSSR count). The fourth-order valence-corrected chi connectivity index (χ4v) is 3.89. The predicted octanol–water partition coefficient (Wildman–Crippen LogP) is 0.999. The van der Waals surface area contributed by atoms with Crippen LogP contribution in [0, 0.1) is 13.8 Å². The Morgan fingerprint density at radius 1 is 1.25 bits per heavy atom. The average molecular weight is 349 g/mol. The van der Waals surface area contributed by atoms with E-state index in [-0.39, 0.29) is 10.8 Å². The van der Waals surface area contributed by atoms with Gasteiger partial charge in [-0.05, 0) is 13.8 Å². The summed E-state index contributed by atoms with van der Waals surface area (Å²) < 4.78 is 3.70. The highest BCUT2D eigenvalue weighted by atomic mass is 32.1. The first kappa shape index (κ1) is 16.8. The number of hydrogen-bond acceptors (Lipinski definition) is 5. The van der Waals surface area contributed by atoms with Crippen molar-refractivity contribution in [3.05, 3.63) is 32.6 Å². The Hall–Kier alpha value is -2.09.